The molecule has 2 aromatic heterocycles. The lowest BCUT2D eigenvalue weighted by Crippen LogP contribution is -2.53. The number of piperidine rings is 1. The van der Waals surface area contributed by atoms with E-state index in [9.17, 15) is 9.59 Å². The zero-order valence-corrected chi connectivity index (χ0v) is 16.3. The van der Waals surface area contributed by atoms with Crippen LogP contribution in [0.15, 0.2) is 6.20 Å². The molecule has 2 saturated heterocycles. The number of aryl methyl sites for hydroxylation is 2. The minimum absolute atomic E-state index is 0.231. The average Bonchev–Trinajstić information content (AvgIpc) is 3.05. The fourth-order valence-electron chi connectivity index (χ4n) is 3.87. The SMILES string of the molecule is Cc1nc(N2CCC3(CC2)OC(=O)N(C(C)(C)C)C3=O)c2cnn(C)c2n1. The first-order chi connectivity index (χ1) is 12.6. The number of amides is 2. The molecule has 4 rings (SSSR count). The molecule has 0 bridgehead atoms. The summed E-state index contributed by atoms with van der Waals surface area (Å²) in [5, 5.41) is 5.16. The molecule has 27 heavy (non-hydrogen) atoms. The van der Waals surface area contributed by atoms with Gasteiger partial charge in [-0.25, -0.2) is 19.7 Å². The van der Waals surface area contributed by atoms with Crippen molar-refractivity contribution in [1.82, 2.24) is 24.6 Å². The number of aromatic nitrogens is 4. The smallest absolute Gasteiger partial charge is 0.418 e. The largest absolute Gasteiger partial charge is 0.432 e. The van der Waals surface area contributed by atoms with Crippen LogP contribution in [0.4, 0.5) is 10.6 Å². The molecule has 2 aromatic rings. The molecule has 0 aliphatic carbocycles. The molecule has 2 aliphatic rings. The van der Waals surface area contributed by atoms with Crippen LogP contribution in [0.2, 0.25) is 0 Å². The molecule has 9 heteroatoms. The molecule has 1 spiro atoms. The highest BCUT2D eigenvalue weighted by molar-refractivity contribution is 6.03. The Morgan fingerprint density at radius 1 is 1.15 bits per heavy atom. The van der Waals surface area contributed by atoms with E-state index in [1.807, 2.05) is 34.7 Å². The monoisotopic (exact) mass is 372 g/mol. The topological polar surface area (TPSA) is 93.5 Å². The fourth-order valence-corrected chi connectivity index (χ4v) is 3.87. The molecule has 144 valence electrons. The number of hydrogen-bond donors (Lipinski definition) is 0. The summed E-state index contributed by atoms with van der Waals surface area (Å²) in [6, 6.07) is 0. The van der Waals surface area contributed by atoms with Crippen molar-refractivity contribution in [1.29, 1.82) is 0 Å². The molecule has 9 nitrogen and oxygen atoms in total. The van der Waals surface area contributed by atoms with Gasteiger partial charge in [-0.1, -0.05) is 0 Å². The summed E-state index contributed by atoms with van der Waals surface area (Å²) in [6.45, 7) is 8.50. The number of rotatable bonds is 1. The van der Waals surface area contributed by atoms with Crippen LogP contribution in [-0.4, -0.2) is 60.9 Å². The van der Waals surface area contributed by atoms with E-state index in [0.29, 0.717) is 31.8 Å². The van der Waals surface area contributed by atoms with E-state index in [1.165, 1.54) is 4.90 Å². The van der Waals surface area contributed by atoms with Gasteiger partial charge in [0.25, 0.3) is 5.91 Å². The van der Waals surface area contributed by atoms with Crippen molar-refractivity contribution in [3.63, 3.8) is 0 Å². The second kappa shape index (κ2) is 5.64. The summed E-state index contributed by atoms with van der Waals surface area (Å²) in [5.74, 6) is 1.25. The average molecular weight is 372 g/mol. The molecule has 0 aromatic carbocycles. The zero-order chi connectivity index (χ0) is 19.6. The highest BCUT2D eigenvalue weighted by atomic mass is 16.6. The standard InChI is InChI=1S/C18H24N6O3/c1-11-20-13-12(10-19-22(13)5)14(21-11)23-8-6-18(7-9-23)15(25)24(16(26)27-18)17(2,3)4/h10H,6-9H2,1-5H3. The van der Waals surface area contributed by atoms with Gasteiger partial charge >= 0.3 is 6.09 Å². The van der Waals surface area contributed by atoms with Gasteiger partial charge in [-0.2, -0.15) is 5.10 Å². The maximum atomic E-state index is 13.0. The van der Waals surface area contributed by atoms with Gasteiger partial charge in [0.2, 0.25) is 0 Å². The first-order valence-corrected chi connectivity index (χ1v) is 9.11. The lowest BCUT2D eigenvalue weighted by Gasteiger charge is -2.37. The number of nitrogens with zero attached hydrogens (tertiary/aromatic N) is 6. The molecule has 2 fully saturated rings. The predicted octanol–water partition coefficient (Wildman–Crippen LogP) is 1.79. The second-order valence-electron chi connectivity index (χ2n) is 8.26. The maximum Gasteiger partial charge on any atom is 0.418 e. The first kappa shape index (κ1) is 17.7. The minimum atomic E-state index is -1.06. The molecule has 0 N–H and O–H groups in total. The quantitative estimate of drug-likeness (QED) is 0.753. The van der Waals surface area contributed by atoms with E-state index in [0.717, 1.165) is 16.9 Å². The number of fused-ring (bicyclic) bond motifs is 1. The first-order valence-electron chi connectivity index (χ1n) is 9.11. The van der Waals surface area contributed by atoms with E-state index < -0.39 is 17.2 Å². The van der Waals surface area contributed by atoms with E-state index in [1.54, 1.807) is 10.9 Å². The van der Waals surface area contributed by atoms with Gasteiger partial charge in [-0.3, -0.25) is 9.48 Å². The molecule has 4 heterocycles. The van der Waals surface area contributed by atoms with Gasteiger partial charge in [0.1, 0.15) is 11.6 Å². The molecular formula is C18H24N6O3. The Hall–Kier alpha value is -2.71. The fraction of sp³-hybridized carbons (Fsp3) is 0.611. The Morgan fingerprint density at radius 3 is 2.41 bits per heavy atom. The molecule has 2 aliphatic heterocycles. The number of hydrogen-bond acceptors (Lipinski definition) is 7. The summed E-state index contributed by atoms with van der Waals surface area (Å²) in [7, 11) is 1.85. The number of carbonyl (C=O) groups excluding carboxylic acids is 2. The van der Waals surface area contributed by atoms with E-state index in [-0.39, 0.29) is 5.91 Å². The number of ether oxygens (including phenoxy) is 1. The Labute approximate surface area is 157 Å². The van der Waals surface area contributed by atoms with Crippen LogP contribution >= 0.6 is 0 Å². The third-order valence-electron chi connectivity index (χ3n) is 5.28. The van der Waals surface area contributed by atoms with Crippen molar-refractivity contribution in [2.24, 2.45) is 7.05 Å². The van der Waals surface area contributed by atoms with Crippen molar-refractivity contribution in [2.75, 3.05) is 18.0 Å². The second-order valence-corrected chi connectivity index (χ2v) is 8.26. The van der Waals surface area contributed by atoms with Crippen molar-refractivity contribution in [2.45, 2.75) is 51.7 Å². The number of carbonyl (C=O) groups is 2. The number of anilines is 1. The Bertz CT molecular complexity index is 936. The third-order valence-corrected chi connectivity index (χ3v) is 5.28. The lowest BCUT2D eigenvalue weighted by molar-refractivity contribution is -0.140. The highest BCUT2D eigenvalue weighted by Gasteiger charge is 2.57. The molecule has 0 radical (unpaired) electrons. The molecular weight excluding hydrogens is 348 g/mol. The van der Waals surface area contributed by atoms with Crippen LogP contribution in [-0.2, 0) is 16.6 Å². The van der Waals surface area contributed by atoms with E-state index in [2.05, 4.69) is 20.0 Å². The predicted molar refractivity (Wildman–Crippen MR) is 98.3 cm³/mol. The summed E-state index contributed by atoms with van der Waals surface area (Å²) in [4.78, 5) is 37.7. The normalized spacial score (nSPS) is 20.0. The van der Waals surface area contributed by atoms with Crippen LogP contribution in [0, 0.1) is 6.92 Å². The van der Waals surface area contributed by atoms with Crippen molar-refractivity contribution < 1.29 is 14.3 Å². The van der Waals surface area contributed by atoms with Gasteiger partial charge in [-0.05, 0) is 27.7 Å². The Morgan fingerprint density at radius 2 is 1.81 bits per heavy atom. The summed E-state index contributed by atoms with van der Waals surface area (Å²) in [6.07, 6.45) is 2.09. The minimum Gasteiger partial charge on any atom is -0.432 e. The van der Waals surface area contributed by atoms with Crippen LogP contribution < -0.4 is 4.90 Å². The van der Waals surface area contributed by atoms with Gasteiger partial charge in [-0.15, -0.1) is 0 Å². The summed E-state index contributed by atoms with van der Waals surface area (Å²) in [5.41, 5.74) is -0.877. The van der Waals surface area contributed by atoms with Gasteiger partial charge < -0.3 is 9.64 Å². The molecule has 0 saturated carbocycles. The van der Waals surface area contributed by atoms with Gasteiger partial charge in [0.05, 0.1) is 11.6 Å². The van der Waals surface area contributed by atoms with Crippen molar-refractivity contribution >= 4 is 28.9 Å². The van der Waals surface area contributed by atoms with Crippen molar-refractivity contribution in [3.8, 4) is 0 Å². The van der Waals surface area contributed by atoms with Crippen LogP contribution in [0.25, 0.3) is 11.0 Å². The molecule has 0 unspecified atom stereocenters. The van der Waals surface area contributed by atoms with Gasteiger partial charge in [0, 0.05) is 38.5 Å². The Balaban J connectivity index is 1.60. The lowest BCUT2D eigenvalue weighted by atomic mass is 9.89. The number of imide groups is 1. The van der Waals surface area contributed by atoms with E-state index in [4.69, 9.17) is 4.74 Å². The third kappa shape index (κ3) is 2.64. The van der Waals surface area contributed by atoms with E-state index >= 15 is 0 Å². The zero-order valence-electron chi connectivity index (χ0n) is 16.3. The summed E-state index contributed by atoms with van der Waals surface area (Å²) >= 11 is 0. The highest BCUT2D eigenvalue weighted by Crippen LogP contribution is 2.39. The molecule has 2 amide bonds. The van der Waals surface area contributed by atoms with Crippen LogP contribution in [0.3, 0.4) is 0 Å². The Kier molecular flexibility index (Phi) is 3.70. The van der Waals surface area contributed by atoms with Crippen molar-refractivity contribution in [3.05, 3.63) is 12.0 Å². The van der Waals surface area contributed by atoms with Gasteiger partial charge in [0.15, 0.2) is 11.2 Å². The maximum absolute atomic E-state index is 13.0. The van der Waals surface area contributed by atoms with Crippen LogP contribution in [0.5, 0.6) is 0 Å². The van der Waals surface area contributed by atoms with Crippen LogP contribution in [0.1, 0.15) is 39.4 Å². The summed E-state index contributed by atoms with van der Waals surface area (Å²) < 4.78 is 7.33. The molecule has 0 atom stereocenters.